The Morgan fingerprint density at radius 3 is 2.95 bits per heavy atom. The Kier molecular flexibility index (Phi) is 3.11. The minimum absolute atomic E-state index is 0.0211. The van der Waals surface area contributed by atoms with Gasteiger partial charge in [0.15, 0.2) is 0 Å². The molecule has 5 heteroatoms. The molecule has 1 aliphatic carbocycles. The zero-order valence-electron chi connectivity index (χ0n) is 10.9. The number of hydrogen-bond donors (Lipinski definition) is 1. The maximum Gasteiger partial charge on any atom is 0.243 e. The van der Waals surface area contributed by atoms with E-state index in [1.165, 1.54) is 12.8 Å². The van der Waals surface area contributed by atoms with E-state index in [4.69, 9.17) is 4.52 Å². The van der Waals surface area contributed by atoms with Crippen molar-refractivity contribution in [3.63, 3.8) is 0 Å². The number of aromatic nitrogens is 2. The van der Waals surface area contributed by atoms with Crippen LogP contribution in [0.15, 0.2) is 35.1 Å². The first-order valence-corrected chi connectivity index (χ1v) is 6.59. The zero-order chi connectivity index (χ0) is 13.2. The first kappa shape index (κ1) is 12.0. The van der Waals surface area contributed by atoms with Crippen LogP contribution in [-0.2, 0) is 11.3 Å². The topological polar surface area (TPSA) is 60.1 Å². The van der Waals surface area contributed by atoms with E-state index in [1.54, 1.807) is 0 Å². The highest BCUT2D eigenvalue weighted by molar-refractivity contribution is 5.79. The zero-order valence-corrected chi connectivity index (χ0v) is 10.9. The molecule has 0 spiro atoms. The van der Waals surface area contributed by atoms with E-state index in [0.717, 1.165) is 11.5 Å². The lowest BCUT2D eigenvalue weighted by molar-refractivity contribution is -0.124. The lowest BCUT2D eigenvalue weighted by atomic mass is 10.2. The molecule has 1 saturated carbocycles. The van der Waals surface area contributed by atoms with E-state index in [2.05, 4.69) is 10.5 Å². The van der Waals surface area contributed by atoms with Crippen LogP contribution in [0.2, 0.25) is 0 Å². The molecule has 0 radical (unpaired) electrons. The van der Waals surface area contributed by atoms with E-state index < -0.39 is 0 Å². The van der Waals surface area contributed by atoms with E-state index in [9.17, 15) is 4.79 Å². The fourth-order valence-corrected chi connectivity index (χ4v) is 2.04. The van der Waals surface area contributed by atoms with Crippen LogP contribution in [0.5, 0.6) is 0 Å². The van der Waals surface area contributed by atoms with Gasteiger partial charge in [0.05, 0.1) is 6.54 Å². The molecule has 2 heterocycles. The van der Waals surface area contributed by atoms with Gasteiger partial charge in [-0.25, -0.2) is 0 Å². The highest BCUT2D eigenvalue weighted by Crippen LogP contribution is 2.40. The maximum atomic E-state index is 12.0. The second-order valence-electron chi connectivity index (χ2n) is 5.02. The normalized spacial score (nSPS) is 16.3. The third-order valence-electron chi connectivity index (χ3n) is 3.45. The van der Waals surface area contributed by atoms with E-state index in [-0.39, 0.29) is 11.9 Å². The second-order valence-corrected chi connectivity index (χ2v) is 5.02. The van der Waals surface area contributed by atoms with Gasteiger partial charge in [-0.2, -0.15) is 0 Å². The summed E-state index contributed by atoms with van der Waals surface area (Å²) >= 11 is 0. The van der Waals surface area contributed by atoms with Crippen molar-refractivity contribution in [1.82, 2.24) is 15.0 Å². The average molecular weight is 259 g/mol. The molecule has 100 valence electrons. The average Bonchev–Trinajstić information content (AvgIpc) is 2.96. The lowest BCUT2D eigenvalue weighted by Crippen LogP contribution is -2.30. The second kappa shape index (κ2) is 4.91. The van der Waals surface area contributed by atoms with Crippen molar-refractivity contribution < 1.29 is 9.32 Å². The SMILES string of the molecule is C[C@@H](C(=O)NCc1cc(C2CC2)on1)n1cccc1. The van der Waals surface area contributed by atoms with Crippen LogP contribution in [0.3, 0.4) is 0 Å². The van der Waals surface area contributed by atoms with Gasteiger partial charge in [0.1, 0.15) is 17.5 Å². The van der Waals surface area contributed by atoms with Crippen LogP contribution in [0, 0.1) is 0 Å². The molecule has 1 fully saturated rings. The van der Waals surface area contributed by atoms with Gasteiger partial charge in [0.25, 0.3) is 0 Å². The molecule has 0 saturated heterocycles. The molecule has 1 N–H and O–H groups in total. The molecule has 1 aliphatic rings. The van der Waals surface area contributed by atoms with Crippen LogP contribution in [0.4, 0.5) is 0 Å². The summed E-state index contributed by atoms with van der Waals surface area (Å²) in [4.78, 5) is 12.0. The Morgan fingerprint density at radius 2 is 2.26 bits per heavy atom. The predicted octanol–water partition coefficient (Wildman–Crippen LogP) is 2.23. The summed E-state index contributed by atoms with van der Waals surface area (Å²) in [6, 6.07) is 5.54. The van der Waals surface area contributed by atoms with Crippen molar-refractivity contribution in [2.75, 3.05) is 0 Å². The summed E-state index contributed by atoms with van der Waals surface area (Å²) in [5.41, 5.74) is 0.787. The fraction of sp³-hybridized carbons (Fsp3) is 0.429. The quantitative estimate of drug-likeness (QED) is 0.895. The number of carbonyl (C=O) groups excluding carboxylic acids is 1. The summed E-state index contributed by atoms with van der Waals surface area (Å²) in [6.07, 6.45) is 6.13. The monoisotopic (exact) mass is 259 g/mol. The van der Waals surface area contributed by atoms with Crippen molar-refractivity contribution in [3.05, 3.63) is 42.0 Å². The third-order valence-corrected chi connectivity index (χ3v) is 3.45. The number of amides is 1. The van der Waals surface area contributed by atoms with Crippen LogP contribution >= 0.6 is 0 Å². The van der Waals surface area contributed by atoms with Gasteiger partial charge in [-0.15, -0.1) is 0 Å². The minimum Gasteiger partial charge on any atom is -0.361 e. The molecule has 0 aromatic carbocycles. The van der Waals surface area contributed by atoms with Crippen LogP contribution in [0.1, 0.15) is 43.2 Å². The van der Waals surface area contributed by atoms with Crippen molar-refractivity contribution in [2.45, 2.75) is 38.3 Å². The van der Waals surface area contributed by atoms with Crippen molar-refractivity contribution in [3.8, 4) is 0 Å². The van der Waals surface area contributed by atoms with Crippen molar-refractivity contribution in [2.24, 2.45) is 0 Å². The van der Waals surface area contributed by atoms with Gasteiger partial charge in [0, 0.05) is 24.4 Å². The molecular formula is C14H17N3O2. The fourth-order valence-electron chi connectivity index (χ4n) is 2.04. The smallest absolute Gasteiger partial charge is 0.243 e. The minimum atomic E-state index is -0.218. The maximum absolute atomic E-state index is 12.0. The van der Waals surface area contributed by atoms with Crippen LogP contribution in [-0.4, -0.2) is 15.6 Å². The molecule has 1 amide bonds. The number of carbonyl (C=O) groups is 1. The Bertz CT molecular complexity index is 555. The van der Waals surface area contributed by atoms with Gasteiger partial charge < -0.3 is 14.4 Å². The van der Waals surface area contributed by atoms with Gasteiger partial charge in [-0.3, -0.25) is 4.79 Å². The Morgan fingerprint density at radius 1 is 1.53 bits per heavy atom. The number of hydrogen-bond acceptors (Lipinski definition) is 3. The summed E-state index contributed by atoms with van der Waals surface area (Å²) in [5, 5.41) is 6.85. The lowest BCUT2D eigenvalue weighted by Gasteiger charge is -2.12. The van der Waals surface area contributed by atoms with Crippen molar-refractivity contribution >= 4 is 5.91 Å². The van der Waals surface area contributed by atoms with Crippen LogP contribution < -0.4 is 5.32 Å². The predicted molar refractivity (Wildman–Crippen MR) is 69.5 cm³/mol. The molecule has 19 heavy (non-hydrogen) atoms. The third kappa shape index (κ3) is 2.70. The van der Waals surface area contributed by atoms with Gasteiger partial charge in [0.2, 0.25) is 5.91 Å². The molecule has 3 rings (SSSR count). The van der Waals surface area contributed by atoms with Gasteiger partial charge in [-0.05, 0) is 31.9 Å². The standard InChI is InChI=1S/C14H17N3O2/c1-10(17-6-2-3-7-17)14(18)15-9-12-8-13(19-16-12)11-4-5-11/h2-3,6-8,10-11H,4-5,9H2,1H3,(H,15,18)/t10-/m0/s1. The van der Waals surface area contributed by atoms with Crippen LogP contribution in [0.25, 0.3) is 0 Å². The molecule has 0 unspecified atom stereocenters. The molecule has 2 aromatic heterocycles. The molecule has 1 atom stereocenters. The number of nitrogens with one attached hydrogen (secondary N) is 1. The number of rotatable bonds is 5. The largest absolute Gasteiger partial charge is 0.361 e. The first-order valence-electron chi connectivity index (χ1n) is 6.59. The van der Waals surface area contributed by atoms with Gasteiger partial charge >= 0.3 is 0 Å². The molecule has 5 nitrogen and oxygen atoms in total. The Hall–Kier alpha value is -2.04. The van der Waals surface area contributed by atoms with Crippen molar-refractivity contribution in [1.29, 1.82) is 0 Å². The highest BCUT2D eigenvalue weighted by Gasteiger charge is 2.27. The van der Waals surface area contributed by atoms with E-state index in [0.29, 0.717) is 12.5 Å². The summed E-state index contributed by atoms with van der Waals surface area (Å²) < 4.78 is 7.12. The molecular weight excluding hydrogens is 242 g/mol. The molecule has 0 bridgehead atoms. The first-order chi connectivity index (χ1) is 9.24. The summed E-state index contributed by atoms with van der Waals surface area (Å²) in [6.45, 7) is 2.29. The van der Waals surface area contributed by atoms with E-state index in [1.807, 2.05) is 42.1 Å². The van der Waals surface area contributed by atoms with E-state index >= 15 is 0 Å². The Labute approximate surface area is 111 Å². The summed E-state index contributed by atoms with van der Waals surface area (Å²) in [7, 11) is 0. The summed E-state index contributed by atoms with van der Waals surface area (Å²) in [5.74, 6) is 1.48. The van der Waals surface area contributed by atoms with Gasteiger partial charge in [-0.1, -0.05) is 5.16 Å². The Balaban J connectivity index is 1.54. The molecule has 2 aromatic rings. The molecule has 0 aliphatic heterocycles. The number of nitrogens with zero attached hydrogens (tertiary/aromatic N) is 2. The highest BCUT2D eigenvalue weighted by atomic mass is 16.5.